The van der Waals surface area contributed by atoms with Crippen molar-refractivity contribution in [3.8, 4) is 0 Å². The Labute approximate surface area is 35.8 Å². The van der Waals surface area contributed by atoms with Crippen molar-refractivity contribution in [1.82, 2.24) is 5.12 Å². The number of rotatable bonds is 1. The highest BCUT2D eigenvalue weighted by atomic mass is 15.6. The number of hydrogen-bond acceptors (Lipinski definition) is 5. The zero-order valence-electron chi connectivity index (χ0n) is 3.33. The van der Waals surface area contributed by atoms with Gasteiger partial charge in [-0.15, -0.1) is 0 Å². The third-order valence-electron chi connectivity index (χ3n) is 0.344. The molecule has 0 aromatic heterocycles. The fraction of sp³-hybridized carbons (Fsp3) is 1.00. The second-order valence-electron chi connectivity index (χ2n) is 0.938. The zero-order valence-corrected chi connectivity index (χ0v) is 3.33. The summed E-state index contributed by atoms with van der Waals surface area (Å²) in [5.41, 5.74) is 9.78. The predicted octanol–water partition coefficient (Wildman–Crippen LogP) is -2.76. The maximum absolute atomic E-state index is 4.89. The Morgan fingerprint density at radius 2 is 1.33 bits per heavy atom. The Morgan fingerprint density at radius 3 is 1.33 bits per heavy atom. The molecule has 0 bridgehead atoms. The van der Waals surface area contributed by atoms with Gasteiger partial charge in [0.25, 0.3) is 0 Å². The normalized spacial score (nSPS) is 11.0. The third kappa shape index (κ3) is 2.06. The van der Waals surface area contributed by atoms with Gasteiger partial charge in [-0.2, -0.15) is 5.12 Å². The van der Waals surface area contributed by atoms with Crippen LogP contribution in [0, 0.1) is 0 Å². The van der Waals surface area contributed by atoms with E-state index >= 15 is 0 Å². The molecule has 0 rings (SSSR count). The van der Waals surface area contributed by atoms with E-state index in [0.717, 1.165) is 5.12 Å². The lowest BCUT2D eigenvalue weighted by Gasteiger charge is -2.11. The van der Waals surface area contributed by atoms with Crippen molar-refractivity contribution in [2.45, 2.75) is 6.29 Å². The lowest BCUT2D eigenvalue weighted by atomic mass is 10.9. The molecule has 0 aliphatic carbocycles. The molecule has 6 heavy (non-hydrogen) atoms. The predicted molar refractivity (Wildman–Crippen MR) is 22.4 cm³/mol. The van der Waals surface area contributed by atoms with Crippen LogP contribution in [0.5, 0.6) is 0 Å². The molecule has 0 atom stereocenters. The molecule has 5 nitrogen and oxygen atoms in total. The van der Waals surface area contributed by atoms with E-state index in [1.165, 1.54) is 0 Å². The Bertz CT molecular complexity index is 24.9. The van der Waals surface area contributed by atoms with Crippen LogP contribution < -0.4 is 23.2 Å². The summed E-state index contributed by atoms with van der Waals surface area (Å²) >= 11 is 0. The molecule has 0 aromatic carbocycles. The van der Waals surface area contributed by atoms with Crippen molar-refractivity contribution in [1.29, 1.82) is 0 Å². The smallest absolute Gasteiger partial charge is 0.136 e. The summed E-state index contributed by atoms with van der Waals surface area (Å²) in [5.74, 6) is 9.59. The topological polar surface area (TPSA) is 107 Å². The summed E-state index contributed by atoms with van der Waals surface area (Å²) in [6, 6.07) is 0. The molecule has 0 saturated heterocycles. The van der Waals surface area contributed by atoms with E-state index in [4.69, 9.17) is 23.2 Å². The molecule has 5 heteroatoms. The van der Waals surface area contributed by atoms with Crippen molar-refractivity contribution < 1.29 is 0 Å². The van der Waals surface area contributed by atoms with Gasteiger partial charge in [0, 0.05) is 0 Å². The summed E-state index contributed by atoms with van der Waals surface area (Å²) < 4.78 is 0. The Balaban J connectivity index is 2.99. The van der Waals surface area contributed by atoms with Crippen LogP contribution in [-0.2, 0) is 0 Å². The molecule has 0 aliphatic rings. The first-order chi connectivity index (χ1) is 2.64. The second kappa shape index (κ2) is 2.06. The van der Waals surface area contributed by atoms with Gasteiger partial charge in [-0.25, -0.2) is 0 Å². The average Bonchev–Trinajstić information content (AvgIpc) is 1.36. The number of hydrazine groups is 2. The first kappa shape index (κ1) is 5.80. The summed E-state index contributed by atoms with van der Waals surface area (Å²) in [5, 5.41) is 0.722. The summed E-state index contributed by atoms with van der Waals surface area (Å²) in [4.78, 5) is 0. The van der Waals surface area contributed by atoms with Gasteiger partial charge >= 0.3 is 0 Å². The molecule has 0 fully saturated rings. The van der Waals surface area contributed by atoms with Crippen molar-refractivity contribution in [3.05, 3.63) is 0 Å². The van der Waals surface area contributed by atoms with Crippen molar-refractivity contribution in [3.63, 3.8) is 0 Å². The summed E-state index contributed by atoms with van der Waals surface area (Å²) in [6.45, 7) is 0. The molecular formula is CH9N5. The number of hydrogen-bond donors (Lipinski definition) is 4. The van der Waals surface area contributed by atoms with Crippen molar-refractivity contribution >= 4 is 0 Å². The van der Waals surface area contributed by atoms with Crippen LogP contribution >= 0.6 is 0 Å². The fourth-order valence-electron chi connectivity index (χ4n) is 0. The molecule has 0 aromatic rings. The van der Waals surface area contributed by atoms with E-state index in [1.54, 1.807) is 0 Å². The molecule has 0 aliphatic heterocycles. The highest BCUT2D eigenvalue weighted by Crippen LogP contribution is 1.53. The van der Waals surface area contributed by atoms with Gasteiger partial charge in [-0.3, -0.25) is 11.7 Å². The fourth-order valence-corrected chi connectivity index (χ4v) is 0. The van der Waals surface area contributed by atoms with Crippen LogP contribution in [0.15, 0.2) is 0 Å². The maximum atomic E-state index is 4.89. The molecule has 0 saturated carbocycles. The van der Waals surface area contributed by atoms with E-state index in [1.807, 2.05) is 0 Å². The van der Waals surface area contributed by atoms with Crippen LogP contribution in [0.2, 0.25) is 0 Å². The molecule has 0 spiro atoms. The molecular weight excluding hydrogens is 82.0 g/mol. The Morgan fingerprint density at radius 1 is 1.17 bits per heavy atom. The van der Waals surface area contributed by atoms with Crippen LogP contribution in [0.4, 0.5) is 0 Å². The first-order valence-electron chi connectivity index (χ1n) is 1.44. The largest absolute Gasteiger partial charge is 0.301 e. The molecule has 0 heterocycles. The highest BCUT2D eigenvalue weighted by molar-refractivity contribution is 4.34. The van der Waals surface area contributed by atoms with E-state index in [-0.39, 0.29) is 0 Å². The zero-order chi connectivity index (χ0) is 5.15. The van der Waals surface area contributed by atoms with Gasteiger partial charge in [0.2, 0.25) is 0 Å². The van der Waals surface area contributed by atoms with E-state index in [9.17, 15) is 0 Å². The first-order valence-corrected chi connectivity index (χ1v) is 1.44. The van der Waals surface area contributed by atoms with Gasteiger partial charge in [0.15, 0.2) is 0 Å². The van der Waals surface area contributed by atoms with E-state index < -0.39 is 6.29 Å². The van der Waals surface area contributed by atoms with Crippen LogP contribution in [0.3, 0.4) is 0 Å². The molecule has 0 radical (unpaired) electrons. The minimum Gasteiger partial charge on any atom is -0.301 e. The highest BCUT2D eigenvalue weighted by Gasteiger charge is 1.92. The molecule has 38 valence electrons. The van der Waals surface area contributed by atoms with Gasteiger partial charge in [0.05, 0.1) is 0 Å². The standard InChI is InChI=1S/CH9N5/c2-1(3)6(4)5/h1H,2-5H2. The minimum atomic E-state index is -0.759. The Hall–Kier alpha value is -0.200. The quantitative estimate of drug-likeness (QED) is 0.159. The van der Waals surface area contributed by atoms with Gasteiger partial charge in [-0.1, -0.05) is 0 Å². The molecule has 0 amide bonds. The number of nitrogens with two attached hydrogens (primary N) is 4. The van der Waals surface area contributed by atoms with E-state index in [2.05, 4.69) is 0 Å². The summed E-state index contributed by atoms with van der Waals surface area (Å²) in [6.07, 6.45) is -0.759. The lowest BCUT2D eigenvalue weighted by molar-refractivity contribution is 0.215. The van der Waals surface area contributed by atoms with Crippen LogP contribution in [0.1, 0.15) is 0 Å². The van der Waals surface area contributed by atoms with Gasteiger partial charge in [-0.05, 0) is 0 Å². The lowest BCUT2D eigenvalue weighted by Crippen LogP contribution is -2.56. The molecule has 0 unspecified atom stereocenters. The van der Waals surface area contributed by atoms with Gasteiger partial charge < -0.3 is 11.5 Å². The Kier molecular flexibility index (Phi) is 1.99. The van der Waals surface area contributed by atoms with Crippen LogP contribution in [-0.4, -0.2) is 11.4 Å². The van der Waals surface area contributed by atoms with Gasteiger partial charge in [0.1, 0.15) is 6.29 Å². The average molecular weight is 91.1 g/mol. The monoisotopic (exact) mass is 91.1 g/mol. The van der Waals surface area contributed by atoms with Crippen molar-refractivity contribution in [2.24, 2.45) is 23.2 Å². The third-order valence-corrected chi connectivity index (χ3v) is 0.344. The number of nitrogens with zero attached hydrogens (tertiary/aromatic N) is 1. The second-order valence-corrected chi connectivity index (χ2v) is 0.938. The van der Waals surface area contributed by atoms with E-state index in [0.29, 0.717) is 0 Å². The molecule has 8 N–H and O–H groups in total. The SMILES string of the molecule is NC(N)N(N)N. The van der Waals surface area contributed by atoms with Crippen molar-refractivity contribution in [2.75, 3.05) is 0 Å². The van der Waals surface area contributed by atoms with Crippen LogP contribution in [0.25, 0.3) is 0 Å². The minimum absolute atomic E-state index is 0.722. The maximum Gasteiger partial charge on any atom is 0.136 e. The summed E-state index contributed by atoms with van der Waals surface area (Å²) in [7, 11) is 0.